The number of allylic oxidation sites excluding steroid dienone is 2. The first-order valence-corrected chi connectivity index (χ1v) is 23.5. The highest BCUT2D eigenvalue weighted by molar-refractivity contribution is 5.99. The van der Waals surface area contributed by atoms with Gasteiger partial charge in [-0.05, 0) is 57.4 Å². The van der Waals surface area contributed by atoms with Crippen LogP contribution in [0.1, 0.15) is 86.1 Å². The van der Waals surface area contributed by atoms with E-state index in [1.165, 1.54) is 33.9 Å². The first-order chi connectivity index (χ1) is 33.6. The fraction of sp³-hybridized carbons (Fsp3) is 0.551. The maximum atomic E-state index is 14.3. The zero-order chi connectivity index (χ0) is 55.0. The van der Waals surface area contributed by atoms with Gasteiger partial charge in [0.1, 0.15) is 29.9 Å². The minimum Gasteiger partial charge on any atom is -0.480 e. The van der Waals surface area contributed by atoms with Crippen LogP contribution in [0.4, 0.5) is 0 Å². The summed E-state index contributed by atoms with van der Waals surface area (Å²) in [5.74, 6) is -12.6. The molecule has 72 heavy (non-hydrogen) atoms. The molecule has 0 spiro atoms. The van der Waals surface area contributed by atoms with Crippen molar-refractivity contribution >= 4 is 59.3 Å². The molecule has 0 saturated carbocycles. The van der Waals surface area contributed by atoms with E-state index >= 15 is 0 Å². The molecule has 1 rings (SSSR count). The highest BCUT2D eigenvalue weighted by Gasteiger charge is 2.36. The van der Waals surface area contributed by atoms with Crippen LogP contribution in [0, 0.1) is 23.7 Å². The van der Waals surface area contributed by atoms with E-state index in [0.29, 0.717) is 12.0 Å². The highest BCUT2D eigenvalue weighted by atomic mass is 16.5. The number of hydrogen-bond donors (Lipinski definition) is 11. The second-order valence-corrected chi connectivity index (χ2v) is 18.1. The number of rotatable bonds is 32. The van der Waals surface area contributed by atoms with Gasteiger partial charge in [0.25, 0.3) is 5.91 Å². The lowest BCUT2D eigenvalue weighted by Crippen LogP contribution is -2.57. The number of ether oxygens (including phenoxy) is 1. The Kier molecular flexibility index (Phi) is 27.3. The number of nitrogens with one attached hydrogen (secondary N) is 5. The lowest BCUT2D eigenvalue weighted by atomic mass is 9.94. The van der Waals surface area contributed by atoms with E-state index in [4.69, 9.17) is 27.0 Å². The normalized spacial score (nSPS) is 15.7. The summed E-state index contributed by atoms with van der Waals surface area (Å²) in [4.78, 5) is 121. The second kappa shape index (κ2) is 31.2. The third-order valence-electron chi connectivity index (χ3n) is 11.7. The van der Waals surface area contributed by atoms with Crippen LogP contribution >= 0.6 is 0 Å². The van der Waals surface area contributed by atoms with Crippen molar-refractivity contribution in [3.63, 3.8) is 0 Å². The van der Waals surface area contributed by atoms with Crippen molar-refractivity contribution in [1.82, 2.24) is 31.5 Å². The molecule has 23 heteroatoms. The van der Waals surface area contributed by atoms with Crippen LogP contribution in [0.3, 0.4) is 0 Å². The van der Waals surface area contributed by atoms with Crippen LogP contribution in [0.5, 0.6) is 0 Å². The molecule has 14 N–H and O–H groups in total. The van der Waals surface area contributed by atoms with E-state index in [2.05, 4.69) is 38.2 Å². The molecule has 0 bridgehead atoms. The van der Waals surface area contributed by atoms with Crippen molar-refractivity contribution in [3.8, 4) is 0 Å². The Bertz CT molecular complexity index is 2140. The molecule has 0 radical (unpaired) electrons. The van der Waals surface area contributed by atoms with Crippen molar-refractivity contribution in [2.45, 2.75) is 129 Å². The van der Waals surface area contributed by atoms with E-state index in [0.717, 1.165) is 10.5 Å². The molecule has 0 unspecified atom stereocenters. The molecule has 6 amide bonds. The Balaban J connectivity index is 3.62. The van der Waals surface area contributed by atoms with Gasteiger partial charge in [0, 0.05) is 33.0 Å². The Morgan fingerprint density at radius 3 is 1.92 bits per heavy atom. The summed E-state index contributed by atoms with van der Waals surface area (Å²) < 4.78 is 5.80. The number of aliphatic imine (C=N–C) groups is 1. The molecule has 0 fully saturated rings. The predicted octanol–water partition coefficient (Wildman–Crippen LogP) is 0.532. The largest absolute Gasteiger partial charge is 0.480 e. The molecule has 0 aliphatic rings. The summed E-state index contributed by atoms with van der Waals surface area (Å²) in [5, 5.41) is 41.5. The van der Waals surface area contributed by atoms with Gasteiger partial charge in [0.15, 0.2) is 5.96 Å². The number of carbonyl (C=O) groups is 9. The summed E-state index contributed by atoms with van der Waals surface area (Å²) in [6, 6.07) is 1.35. The summed E-state index contributed by atoms with van der Waals surface area (Å²) in [5.41, 5.74) is 18.3. The minimum absolute atomic E-state index is 0.00572. The summed E-state index contributed by atoms with van der Waals surface area (Å²) in [7, 11) is 2.79. The number of guanidine groups is 1. The minimum atomic E-state index is -1.74. The van der Waals surface area contributed by atoms with E-state index in [9.17, 15) is 53.4 Å². The first-order valence-electron chi connectivity index (χ1n) is 23.5. The van der Waals surface area contributed by atoms with Crippen molar-refractivity contribution in [2.24, 2.45) is 45.9 Å². The number of carbonyl (C=O) groups excluding carboxylic acids is 6. The average Bonchev–Trinajstić information content (AvgIpc) is 3.31. The predicted molar refractivity (Wildman–Crippen MR) is 268 cm³/mol. The van der Waals surface area contributed by atoms with E-state index in [1.54, 1.807) is 20.1 Å². The lowest BCUT2D eigenvalue weighted by Gasteiger charge is -2.28. The number of nitrogens with two attached hydrogens (primary N) is 3. The molecule has 1 aromatic carbocycles. The number of carboxylic acids is 3. The van der Waals surface area contributed by atoms with Gasteiger partial charge in [-0.25, -0.2) is 9.59 Å². The van der Waals surface area contributed by atoms with E-state index < -0.39 is 120 Å². The highest BCUT2D eigenvalue weighted by Crippen LogP contribution is 2.19. The van der Waals surface area contributed by atoms with E-state index in [-0.39, 0.29) is 49.7 Å². The van der Waals surface area contributed by atoms with Crippen molar-refractivity contribution < 1.29 is 63.2 Å². The lowest BCUT2D eigenvalue weighted by molar-refractivity contribution is -0.146. The molecule has 0 saturated heterocycles. The van der Waals surface area contributed by atoms with Crippen LogP contribution < -0.4 is 43.8 Å². The number of hydrogen-bond acceptors (Lipinski definition) is 12. The number of methoxy groups -OCH3 is 1. The molecule has 0 aliphatic heterocycles. The van der Waals surface area contributed by atoms with Crippen LogP contribution in [-0.4, -0.2) is 143 Å². The van der Waals surface area contributed by atoms with Gasteiger partial charge in [-0.1, -0.05) is 95.3 Å². The van der Waals surface area contributed by atoms with Crippen LogP contribution in [0.2, 0.25) is 0 Å². The Morgan fingerprint density at radius 2 is 1.38 bits per heavy atom. The molecule has 0 heterocycles. The van der Waals surface area contributed by atoms with Gasteiger partial charge >= 0.3 is 17.9 Å². The second-order valence-electron chi connectivity index (χ2n) is 18.1. The Hall–Kier alpha value is -7.14. The third-order valence-corrected chi connectivity index (χ3v) is 11.7. The van der Waals surface area contributed by atoms with Gasteiger partial charge in [-0.2, -0.15) is 0 Å². The number of amides is 6. The Morgan fingerprint density at radius 1 is 0.778 bits per heavy atom. The molecule has 10 atom stereocenters. The van der Waals surface area contributed by atoms with Crippen molar-refractivity contribution in [1.29, 1.82) is 0 Å². The summed E-state index contributed by atoms with van der Waals surface area (Å²) in [6.07, 6.45) is 4.74. The molecule has 0 aliphatic carbocycles. The fourth-order valence-corrected chi connectivity index (χ4v) is 7.07. The number of carboxylic acid groups (broad SMARTS) is 3. The van der Waals surface area contributed by atoms with E-state index in [1.807, 2.05) is 57.2 Å². The number of nitrogens with zero attached hydrogens (tertiary/aromatic N) is 2. The van der Waals surface area contributed by atoms with Crippen LogP contribution in [-0.2, 0) is 54.3 Å². The van der Waals surface area contributed by atoms with Crippen LogP contribution in [0.25, 0.3) is 0 Å². The number of aliphatic carboxylic acids is 3. The summed E-state index contributed by atoms with van der Waals surface area (Å²) >= 11 is 0. The third kappa shape index (κ3) is 22.3. The smallest absolute Gasteiger partial charge is 0.327 e. The zero-order valence-corrected chi connectivity index (χ0v) is 42.7. The topological polar surface area (TPSA) is 377 Å². The van der Waals surface area contributed by atoms with Gasteiger partial charge < -0.3 is 68.7 Å². The Labute approximate surface area is 420 Å². The monoisotopic (exact) mass is 1010 g/mol. The molecular weight excluding hydrogens is 937 g/mol. The van der Waals surface area contributed by atoms with Gasteiger partial charge in [0.05, 0.1) is 30.0 Å². The SMILES string of the molecule is C=C(C(=O)N[C@H](C)C(=O)O)N(C)C(=O)CC[C@@H](NC(=O)[C@@H](C)[C@H](/C=C/C(C)=C/[C@H](C)[C@H](Cc1ccccc1)OC)NC(=O)[C@H](CCCN=C(N)N)NC(=O)[C@@H](C)[C@@H](NC(=O)[C@@H](N)CC(C)C)C(=O)O)C(=O)O. The molecule has 0 aromatic heterocycles. The maximum Gasteiger partial charge on any atom is 0.327 e. The quantitative estimate of drug-likeness (QED) is 0.0154. The number of benzene rings is 1. The molecule has 23 nitrogen and oxygen atoms in total. The molecule has 400 valence electrons. The van der Waals surface area contributed by atoms with Gasteiger partial charge in [-0.15, -0.1) is 0 Å². The molecule has 1 aromatic rings. The van der Waals surface area contributed by atoms with Gasteiger partial charge in [-0.3, -0.25) is 38.6 Å². The first kappa shape index (κ1) is 62.9. The van der Waals surface area contributed by atoms with Crippen molar-refractivity contribution in [3.05, 3.63) is 72.0 Å². The maximum absolute atomic E-state index is 14.3. The molecular formula is C49H76N10O13. The van der Waals surface area contributed by atoms with Gasteiger partial charge in [0.2, 0.25) is 29.5 Å². The zero-order valence-electron chi connectivity index (χ0n) is 42.7. The van der Waals surface area contributed by atoms with Crippen LogP contribution in [0.15, 0.2) is 71.4 Å². The fourth-order valence-electron chi connectivity index (χ4n) is 7.07. The summed E-state index contributed by atoms with van der Waals surface area (Å²) in [6.45, 7) is 14.8. The number of likely N-dealkylation sites (N-methyl/N-ethyl adjacent to an activating group) is 1. The average molecular weight is 1010 g/mol. The standard InChI is InChI=1S/C49H76N10O13/c1-26(2)23-34(50)44(64)58-40(48(70)71)30(6)42(62)56-36(17-14-22-53-49(51)52)45(65)55-35(19-18-27(3)24-28(4)38(72-10)25-33-15-12-11-13-16-33)29(5)41(61)57-37(47(68)69)20-21-39(60)59(9)32(8)43(63)54-31(7)46(66)67/h11-13,15-16,18-19,24,26,28-31,34-38,40H,8,14,17,20-23,25,50H2,1-7,9-10H3,(H,54,63)(H,55,65)(H,56,62)(H,57,61)(H,58,64)(H,66,67)(H,68,69)(H,70,71)(H4,51,52,53)/b19-18+,27-24+/t28-,29-,30-,31+,34-,35-,36-,37+,38-,40+/m0/s1. The van der Waals surface area contributed by atoms with Crippen molar-refractivity contribution in [2.75, 3.05) is 20.7 Å².